The van der Waals surface area contributed by atoms with Crippen LogP contribution < -0.4 is 15.8 Å². The van der Waals surface area contributed by atoms with E-state index < -0.39 is 0 Å². The van der Waals surface area contributed by atoms with Crippen LogP contribution in [0.1, 0.15) is 32.1 Å². The van der Waals surface area contributed by atoms with Crippen molar-refractivity contribution in [2.24, 2.45) is 5.73 Å². The lowest BCUT2D eigenvalue weighted by Gasteiger charge is -2.15. The molecular weight excluding hydrogens is 264 g/mol. The summed E-state index contributed by atoms with van der Waals surface area (Å²) in [6.07, 6.45) is 5.19. The smallest absolute Gasteiger partial charge is 0.225 e. The fraction of sp³-hybridized carbons (Fsp3) is 0.500. The maximum Gasteiger partial charge on any atom is 0.225 e. The van der Waals surface area contributed by atoms with Gasteiger partial charge in [-0.05, 0) is 43.9 Å². The van der Waals surface area contributed by atoms with Crippen molar-refractivity contribution in [2.45, 2.75) is 38.2 Å². The van der Waals surface area contributed by atoms with Crippen LogP contribution in [-0.4, -0.2) is 18.6 Å². The minimum atomic E-state index is -0.108. The van der Waals surface area contributed by atoms with Crippen LogP contribution in [0.2, 0.25) is 5.02 Å². The Labute approximate surface area is 118 Å². The number of carbonyl (C=O) groups is 1. The molecule has 0 spiro atoms. The van der Waals surface area contributed by atoms with Crippen LogP contribution in [0.3, 0.4) is 0 Å². The molecule has 19 heavy (non-hydrogen) atoms. The van der Waals surface area contributed by atoms with E-state index in [9.17, 15) is 4.79 Å². The molecule has 1 fully saturated rings. The quantitative estimate of drug-likeness (QED) is 0.873. The molecule has 0 unspecified atom stereocenters. The Bertz CT molecular complexity index is 445. The summed E-state index contributed by atoms with van der Waals surface area (Å²) in [6.45, 7) is 0.336. The lowest BCUT2D eigenvalue weighted by molar-refractivity contribution is -0.116. The van der Waals surface area contributed by atoms with Crippen molar-refractivity contribution >= 4 is 23.2 Å². The van der Waals surface area contributed by atoms with E-state index in [-0.39, 0.29) is 12.0 Å². The zero-order valence-electron chi connectivity index (χ0n) is 10.8. The van der Waals surface area contributed by atoms with Crippen LogP contribution in [0.5, 0.6) is 5.75 Å². The summed E-state index contributed by atoms with van der Waals surface area (Å²) in [5, 5.41) is 3.27. The summed E-state index contributed by atoms with van der Waals surface area (Å²) in [4.78, 5) is 11.4. The lowest BCUT2D eigenvalue weighted by atomic mass is 10.2. The van der Waals surface area contributed by atoms with Gasteiger partial charge in [-0.25, -0.2) is 0 Å². The van der Waals surface area contributed by atoms with Crippen LogP contribution >= 0.6 is 11.6 Å². The second kappa shape index (κ2) is 6.78. The molecule has 5 heteroatoms. The van der Waals surface area contributed by atoms with Gasteiger partial charge in [-0.2, -0.15) is 0 Å². The first-order chi connectivity index (χ1) is 9.19. The predicted molar refractivity (Wildman–Crippen MR) is 76.6 cm³/mol. The molecule has 1 saturated carbocycles. The van der Waals surface area contributed by atoms with Crippen molar-refractivity contribution in [3.05, 3.63) is 23.2 Å². The number of anilines is 1. The van der Waals surface area contributed by atoms with Crippen LogP contribution in [0.15, 0.2) is 18.2 Å². The predicted octanol–water partition coefficient (Wildman–Crippen LogP) is 2.95. The Kier molecular flexibility index (Phi) is 5.05. The van der Waals surface area contributed by atoms with Gasteiger partial charge in [0.25, 0.3) is 0 Å². The minimum absolute atomic E-state index is 0.108. The highest BCUT2D eigenvalue weighted by atomic mass is 35.5. The van der Waals surface area contributed by atoms with Gasteiger partial charge < -0.3 is 15.8 Å². The normalized spacial score (nSPS) is 15.5. The molecule has 1 amide bonds. The van der Waals surface area contributed by atoms with Crippen LogP contribution in [0.25, 0.3) is 0 Å². The highest BCUT2D eigenvalue weighted by molar-refractivity contribution is 6.32. The number of carbonyl (C=O) groups excluding carboxylic acids is 1. The van der Waals surface area contributed by atoms with Gasteiger partial charge in [0, 0.05) is 18.7 Å². The number of halogens is 1. The Morgan fingerprint density at radius 1 is 1.42 bits per heavy atom. The minimum Gasteiger partial charge on any atom is -0.489 e. The van der Waals surface area contributed by atoms with Crippen molar-refractivity contribution < 1.29 is 9.53 Å². The number of ether oxygens (including phenoxy) is 1. The third-order valence-electron chi connectivity index (χ3n) is 3.18. The Balaban J connectivity index is 1.97. The van der Waals surface area contributed by atoms with E-state index in [4.69, 9.17) is 22.1 Å². The average Bonchev–Trinajstić information content (AvgIpc) is 2.86. The fourth-order valence-electron chi connectivity index (χ4n) is 2.21. The number of hydrogen-bond acceptors (Lipinski definition) is 3. The summed E-state index contributed by atoms with van der Waals surface area (Å²) in [6, 6.07) is 5.31. The third-order valence-corrected chi connectivity index (χ3v) is 3.48. The van der Waals surface area contributed by atoms with Gasteiger partial charge in [0.05, 0.1) is 11.1 Å². The highest BCUT2D eigenvalue weighted by Gasteiger charge is 2.17. The maximum absolute atomic E-state index is 11.4. The standard InChI is InChI=1S/C14H19ClN2O2/c15-12-9-10(17-14(18)7-8-16)5-6-13(12)19-11-3-1-2-4-11/h5-6,9,11H,1-4,7-8,16H2,(H,17,18). The van der Waals surface area contributed by atoms with Crippen LogP contribution in [-0.2, 0) is 4.79 Å². The molecule has 0 radical (unpaired) electrons. The van der Waals surface area contributed by atoms with E-state index in [1.807, 2.05) is 0 Å². The molecule has 0 aromatic heterocycles. The molecule has 0 bridgehead atoms. The van der Waals surface area contributed by atoms with Crippen molar-refractivity contribution in [2.75, 3.05) is 11.9 Å². The van der Waals surface area contributed by atoms with Gasteiger partial charge in [0.2, 0.25) is 5.91 Å². The molecule has 0 heterocycles. The summed E-state index contributed by atoms with van der Waals surface area (Å²) in [7, 11) is 0. The van der Waals surface area contributed by atoms with Crippen molar-refractivity contribution in [3.63, 3.8) is 0 Å². The SMILES string of the molecule is NCCC(=O)Nc1ccc(OC2CCCC2)c(Cl)c1. The first kappa shape index (κ1) is 14.2. The lowest BCUT2D eigenvalue weighted by Crippen LogP contribution is -2.16. The van der Waals surface area contributed by atoms with E-state index in [0.29, 0.717) is 29.4 Å². The van der Waals surface area contributed by atoms with E-state index in [1.165, 1.54) is 12.8 Å². The molecule has 1 aromatic carbocycles. The molecule has 1 aliphatic rings. The van der Waals surface area contributed by atoms with Gasteiger partial charge in [-0.3, -0.25) is 4.79 Å². The zero-order valence-corrected chi connectivity index (χ0v) is 11.6. The van der Waals surface area contributed by atoms with Crippen molar-refractivity contribution in [1.82, 2.24) is 0 Å². The van der Waals surface area contributed by atoms with E-state index in [0.717, 1.165) is 12.8 Å². The van der Waals surface area contributed by atoms with Gasteiger partial charge in [-0.1, -0.05) is 11.6 Å². The molecule has 4 nitrogen and oxygen atoms in total. The van der Waals surface area contributed by atoms with E-state index in [1.54, 1.807) is 18.2 Å². The number of rotatable bonds is 5. The molecule has 2 rings (SSSR count). The van der Waals surface area contributed by atoms with Gasteiger partial charge >= 0.3 is 0 Å². The molecule has 0 saturated heterocycles. The number of nitrogens with two attached hydrogens (primary N) is 1. The Morgan fingerprint density at radius 3 is 2.79 bits per heavy atom. The summed E-state index contributed by atoms with van der Waals surface area (Å²) >= 11 is 6.17. The van der Waals surface area contributed by atoms with Crippen molar-refractivity contribution in [1.29, 1.82) is 0 Å². The molecule has 0 aliphatic heterocycles. The van der Waals surface area contributed by atoms with E-state index >= 15 is 0 Å². The largest absolute Gasteiger partial charge is 0.489 e. The number of nitrogens with one attached hydrogen (secondary N) is 1. The number of hydrogen-bond donors (Lipinski definition) is 2. The van der Waals surface area contributed by atoms with Gasteiger partial charge in [0.15, 0.2) is 0 Å². The van der Waals surface area contributed by atoms with Gasteiger partial charge in [-0.15, -0.1) is 0 Å². The highest BCUT2D eigenvalue weighted by Crippen LogP contribution is 2.31. The molecule has 104 valence electrons. The summed E-state index contributed by atoms with van der Waals surface area (Å²) in [5.41, 5.74) is 5.99. The second-order valence-corrected chi connectivity index (χ2v) is 5.16. The summed E-state index contributed by atoms with van der Waals surface area (Å²) in [5.74, 6) is 0.577. The first-order valence-corrected chi connectivity index (χ1v) is 7.03. The van der Waals surface area contributed by atoms with Crippen LogP contribution in [0.4, 0.5) is 5.69 Å². The monoisotopic (exact) mass is 282 g/mol. The molecule has 1 aliphatic carbocycles. The van der Waals surface area contributed by atoms with Gasteiger partial charge in [0.1, 0.15) is 5.75 Å². The van der Waals surface area contributed by atoms with E-state index in [2.05, 4.69) is 5.32 Å². The number of amides is 1. The zero-order chi connectivity index (χ0) is 13.7. The maximum atomic E-state index is 11.4. The van der Waals surface area contributed by atoms with Crippen molar-refractivity contribution in [3.8, 4) is 5.75 Å². The second-order valence-electron chi connectivity index (χ2n) is 4.76. The number of benzene rings is 1. The summed E-state index contributed by atoms with van der Waals surface area (Å²) < 4.78 is 5.85. The molecule has 0 atom stereocenters. The molecule has 3 N–H and O–H groups in total. The molecular formula is C14H19ClN2O2. The fourth-order valence-corrected chi connectivity index (χ4v) is 2.44. The third kappa shape index (κ3) is 4.11. The Hall–Kier alpha value is -1.26. The first-order valence-electron chi connectivity index (χ1n) is 6.65. The molecule has 1 aromatic rings. The average molecular weight is 283 g/mol. The topological polar surface area (TPSA) is 64.4 Å². The van der Waals surface area contributed by atoms with Crippen LogP contribution in [0, 0.1) is 0 Å². The Morgan fingerprint density at radius 2 is 2.16 bits per heavy atom.